The molecule has 1 unspecified atom stereocenters. The number of thiophene rings is 1. The summed E-state index contributed by atoms with van der Waals surface area (Å²) in [6.07, 6.45) is 0. The van der Waals surface area contributed by atoms with Crippen LogP contribution in [0.15, 0.2) is 29.6 Å². The number of aryl methyl sites for hydroxylation is 1. The van der Waals surface area contributed by atoms with E-state index in [0.29, 0.717) is 5.56 Å². The van der Waals surface area contributed by atoms with E-state index in [-0.39, 0.29) is 6.04 Å². The fraction of sp³-hybridized carbons (Fsp3) is 0.231. The molecule has 0 aliphatic heterocycles. The maximum absolute atomic E-state index is 13.8. The zero-order valence-electron chi connectivity index (χ0n) is 9.63. The molecule has 0 spiro atoms. The van der Waals surface area contributed by atoms with Crippen molar-refractivity contribution in [3.05, 3.63) is 57.3 Å². The minimum absolute atomic E-state index is 0.300. The molecule has 2 rings (SSSR count). The minimum Gasteiger partial charge on any atom is -0.309 e. The highest BCUT2D eigenvalue weighted by Crippen LogP contribution is 2.31. The lowest BCUT2D eigenvalue weighted by molar-refractivity contribution is 0.488. The number of rotatable bonds is 3. The Labute approximate surface area is 103 Å². The van der Waals surface area contributed by atoms with Gasteiger partial charge in [0.2, 0.25) is 0 Å². The highest BCUT2D eigenvalue weighted by Gasteiger charge is 2.20. The first-order valence-corrected chi connectivity index (χ1v) is 6.18. The topological polar surface area (TPSA) is 12.0 Å². The van der Waals surface area contributed by atoms with Gasteiger partial charge in [0, 0.05) is 10.4 Å². The summed E-state index contributed by atoms with van der Waals surface area (Å²) in [5.74, 6) is -1.59. The van der Waals surface area contributed by atoms with Crippen molar-refractivity contribution in [2.24, 2.45) is 0 Å². The van der Waals surface area contributed by atoms with Crippen LogP contribution >= 0.6 is 11.3 Å². The highest BCUT2D eigenvalue weighted by atomic mass is 32.1. The molecule has 0 saturated carbocycles. The number of halogens is 2. The second-order valence-corrected chi connectivity index (χ2v) is 4.78. The van der Waals surface area contributed by atoms with Crippen LogP contribution < -0.4 is 5.32 Å². The van der Waals surface area contributed by atoms with E-state index >= 15 is 0 Å². The van der Waals surface area contributed by atoms with E-state index in [1.165, 1.54) is 6.07 Å². The van der Waals surface area contributed by atoms with E-state index in [4.69, 9.17) is 0 Å². The van der Waals surface area contributed by atoms with Crippen LogP contribution in [0, 0.1) is 18.6 Å². The third kappa shape index (κ3) is 2.23. The summed E-state index contributed by atoms with van der Waals surface area (Å²) in [5.41, 5.74) is 1.43. The molecule has 0 amide bonds. The van der Waals surface area contributed by atoms with Gasteiger partial charge in [0.1, 0.15) is 0 Å². The molecule has 90 valence electrons. The highest BCUT2D eigenvalue weighted by molar-refractivity contribution is 7.10. The van der Waals surface area contributed by atoms with E-state index in [9.17, 15) is 8.78 Å². The smallest absolute Gasteiger partial charge is 0.163 e. The van der Waals surface area contributed by atoms with Gasteiger partial charge >= 0.3 is 0 Å². The summed E-state index contributed by atoms with van der Waals surface area (Å²) in [6, 6.07) is 5.94. The fourth-order valence-electron chi connectivity index (χ4n) is 1.85. The number of nitrogens with one attached hydrogen (secondary N) is 1. The largest absolute Gasteiger partial charge is 0.309 e. The average molecular weight is 253 g/mol. The molecule has 1 nitrogen and oxygen atoms in total. The molecule has 1 aromatic carbocycles. The van der Waals surface area contributed by atoms with Gasteiger partial charge in [0.25, 0.3) is 0 Å². The van der Waals surface area contributed by atoms with Crippen LogP contribution in [0.3, 0.4) is 0 Å². The number of benzene rings is 1. The van der Waals surface area contributed by atoms with E-state index in [2.05, 4.69) is 5.32 Å². The van der Waals surface area contributed by atoms with Crippen LogP contribution in [0.2, 0.25) is 0 Å². The first kappa shape index (κ1) is 12.2. The predicted octanol–water partition coefficient (Wildman–Crippen LogP) is 3.64. The predicted molar refractivity (Wildman–Crippen MR) is 66.3 cm³/mol. The van der Waals surface area contributed by atoms with Crippen LogP contribution in [0.4, 0.5) is 8.78 Å². The Hall–Kier alpha value is -1.26. The van der Waals surface area contributed by atoms with Crippen molar-refractivity contribution < 1.29 is 8.78 Å². The van der Waals surface area contributed by atoms with E-state index in [1.807, 2.05) is 18.4 Å². The molecule has 0 saturated heterocycles. The third-order valence-corrected chi connectivity index (χ3v) is 3.83. The average Bonchev–Trinajstić information content (AvgIpc) is 2.72. The van der Waals surface area contributed by atoms with Gasteiger partial charge in [-0.3, -0.25) is 0 Å². The molecular weight excluding hydrogens is 240 g/mol. The molecule has 1 N–H and O–H groups in total. The second kappa shape index (κ2) is 4.94. The molecule has 2 aromatic rings. The number of hydrogen-bond donors (Lipinski definition) is 1. The summed E-state index contributed by atoms with van der Waals surface area (Å²) in [4.78, 5) is 1.01. The first-order valence-electron chi connectivity index (χ1n) is 5.30. The van der Waals surface area contributed by atoms with Crippen molar-refractivity contribution in [2.45, 2.75) is 13.0 Å². The Balaban J connectivity index is 2.50. The molecule has 1 heterocycles. The summed E-state index contributed by atoms with van der Waals surface area (Å²) >= 11 is 1.54. The lowest BCUT2D eigenvalue weighted by Gasteiger charge is -2.17. The van der Waals surface area contributed by atoms with Crippen molar-refractivity contribution in [3.8, 4) is 0 Å². The zero-order chi connectivity index (χ0) is 12.4. The molecular formula is C13H13F2NS. The van der Waals surface area contributed by atoms with Gasteiger partial charge in [-0.25, -0.2) is 8.78 Å². The lowest BCUT2D eigenvalue weighted by atomic mass is 10.0. The fourth-order valence-corrected chi connectivity index (χ4v) is 2.91. The van der Waals surface area contributed by atoms with Crippen molar-refractivity contribution in [2.75, 3.05) is 7.05 Å². The van der Waals surface area contributed by atoms with Crippen LogP contribution in [-0.2, 0) is 0 Å². The monoisotopic (exact) mass is 253 g/mol. The molecule has 17 heavy (non-hydrogen) atoms. The van der Waals surface area contributed by atoms with Crippen molar-refractivity contribution in [1.29, 1.82) is 0 Å². The maximum Gasteiger partial charge on any atom is 0.163 e. The van der Waals surface area contributed by atoms with Gasteiger partial charge in [-0.1, -0.05) is 12.1 Å². The normalized spacial score (nSPS) is 12.7. The van der Waals surface area contributed by atoms with Gasteiger partial charge in [-0.05, 0) is 37.0 Å². The van der Waals surface area contributed by atoms with Crippen molar-refractivity contribution in [1.82, 2.24) is 5.32 Å². The number of hydrogen-bond acceptors (Lipinski definition) is 2. The van der Waals surface area contributed by atoms with Gasteiger partial charge < -0.3 is 5.32 Å². The zero-order valence-corrected chi connectivity index (χ0v) is 10.4. The first-order chi connectivity index (χ1) is 8.15. The standard InChI is InChI=1S/C13H13F2NS/c1-8-6-7-17-13(8)12(16-2)9-4-3-5-10(14)11(9)15/h3-7,12,16H,1-2H3. The van der Waals surface area contributed by atoms with Gasteiger partial charge in [0.05, 0.1) is 6.04 Å². The minimum atomic E-state index is -0.808. The molecule has 1 aromatic heterocycles. The molecule has 0 fully saturated rings. The van der Waals surface area contributed by atoms with Gasteiger partial charge in [-0.15, -0.1) is 11.3 Å². The summed E-state index contributed by atoms with van der Waals surface area (Å²) in [7, 11) is 1.74. The second-order valence-electron chi connectivity index (χ2n) is 3.83. The van der Waals surface area contributed by atoms with Crippen LogP contribution in [0.1, 0.15) is 22.0 Å². The van der Waals surface area contributed by atoms with Crippen LogP contribution in [-0.4, -0.2) is 7.05 Å². The van der Waals surface area contributed by atoms with Crippen molar-refractivity contribution >= 4 is 11.3 Å². The molecule has 0 aliphatic carbocycles. The molecule has 4 heteroatoms. The third-order valence-electron chi connectivity index (χ3n) is 2.75. The quantitative estimate of drug-likeness (QED) is 0.880. The van der Waals surface area contributed by atoms with Crippen LogP contribution in [0.5, 0.6) is 0 Å². The van der Waals surface area contributed by atoms with Crippen LogP contribution in [0.25, 0.3) is 0 Å². The lowest BCUT2D eigenvalue weighted by Crippen LogP contribution is -2.19. The molecule has 0 aliphatic rings. The molecule has 0 bridgehead atoms. The SMILES string of the molecule is CNC(c1cccc(F)c1F)c1sccc1C. The van der Waals surface area contributed by atoms with Gasteiger partial charge in [-0.2, -0.15) is 0 Å². The Morgan fingerprint density at radius 1 is 1.24 bits per heavy atom. The Bertz CT molecular complexity index is 522. The van der Waals surface area contributed by atoms with Crippen molar-refractivity contribution in [3.63, 3.8) is 0 Å². The Morgan fingerprint density at radius 2 is 2.00 bits per heavy atom. The molecule has 0 radical (unpaired) electrons. The van der Waals surface area contributed by atoms with Gasteiger partial charge in [0.15, 0.2) is 11.6 Å². The van der Waals surface area contributed by atoms with E-state index in [0.717, 1.165) is 16.5 Å². The summed E-state index contributed by atoms with van der Waals surface area (Å²) in [6.45, 7) is 1.97. The summed E-state index contributed by atoms with van der Waals surface area (Å²) < 4.78 is 27.0. The molecule has 1 atom stereocenters. The van der Waals surface area contributed by atoms with E-state index in [1.54, 1.807) is 24.5 Å². The Kier molecular flexibility index (Phi) is 3.54. The Morgan fingerprint density at radius 3 is 2.59 bits per heavy atom. The van der Waals surface area contributed by atoms with E-state index < -0.39 is 11.6 Å². The summed E-state index contributed by atoms with van der Waals surface area (Å²) in [5, 5.41) is 4.98. The maximum atomic E-state index is 13.8.